The van der Waals surface area contributed by atoms with Crippen LogP contribution in [0.2, 0.25) is 0 Å². The van der Waals surface area contributed by atoms with Gasteiger partial charge in [0, 0.05) is 31.7 Å². The van der Waals surface area contributed by atoms with Gasteiger partial charge in [0.1, 0.15) is 0 Å². The monoisotopic (exact) mass is 336 g/mol. The molecule has 136 valence electrons. The van der Waals surface area contributed by atoms with Gasteiger partial charge in [0.15, 0.2) is 0 Å². The zero-order valence-corrected chi connectivity index (χ0v) is 14.9. The number of rotatable bonds is 3. The van der Waals surface area contributed by atoms with Crippen molar-refractivity contribution in [3.8, 4) is 0 Å². The first-order valence-corrected chi connectivity index (χ1v) is 9.70. The number of carbonyl (C=O) groups excluding carboxylic acids is 2. The van der Waals surface area contributed by atoms with E-state index in [9.17, 15) is 9.59 Å². The van der Waals surface area contributed by atoms with Gasteiger partial charge in [-0.3, -0.25) is 4.79 Å². The Morgan fingerprint density at radius 1 is 1.04 bits per heavy atom. The minimum atomic E-state index is -0.0674. The second kappa shape index (κ2) is 8.19. The number of amides is 3. The molecule has 6 nitrogen and oxygen atoms in total. The maximum atomic E-state index is 12.6. The lowest BCUT2D eigenvalue weighted by atomic mass is 9.92. The SMILES string of the molecule is CC1CCNCC1NC(=O)C1CCCN(C(=O)NC2CCCC2)C1. The van der Waals surface area contributed by atoms with E-state index < -0.39 is 0 Å². The number of hydrogen-bond acceptors (Lipinski definition) is 3. The molecule has 24 heavy (non-hydrogen) atoms. The van der Waals surface area contributed by atoms with E-state index in [1.165, 1.54) is 12.8 Å². The normalized spacial score (nSPS) is 31.7. The summed E-state index contributed by atoms with van der Waals surface area (Å²) in [6, 6.07) is 0.571. The Hall–Kier alpha value is -1.30. The van der Waals surface area contributed by atoms with Crippen molar-refractivity contribution in [2.24, 2.45) is 11.8 Å². The van der Waals surface area contributed by atoms with Crippen LogP contribution in [0.3, 0.4) is 0 Å². The Bertz CT molecular complexity index is 450. The molecule has 3 amide bonds. The zero-order valence-electron chi connectivity index (χ0n) is 14.9. The molecule has 2 aliphatic heterocycles. The van der Waals surface area contributed by atoms with Crippen LogP contribution in [0.25, 0.3) is 0 Å². The predicted molar refractivity (Wildman–Crippen MR) is 93.7 cm³/mol. The van der Waals surface area contributed by atoms with Crippen molar-refractivity contribution < 1.29 is 9.59 Å². The highest BCUT2D eigenvalue weighted by molar-refractivity contribution is 5.81. The number of hydrogen-bond donors (Lipinski definition) is 3. The van der Waals surface area contributed by atoms with Gasteiger partial charge in [-0.15, -0.1) is 0 Å². The lowest BCUT2D eigenvalue weighted by Crippen LogP contribution is -2.55. The molecule has 0 aromatic heterocycles. The zero-order chi connectivity index (χ0) is 16.9. The Labute approximate surface area is 145 Å². The van der Waals surface area contributed by atoms with Gasteiger partial charge >= 0.3 is 6.03 Å². The quantitative estimate of drug-likeness (QED) is 0.731. The van der Waals surface area contributed by atoms with Gasteiger partial charge in [0.25, 0.3) is 0 Å². The van der Waals surface area contributed by atoms with E-state index >= 15 is 0 Å². The smallest absolute Gasteiger partial charge is 0.317 e. The van der Waals surface area contributed by atoms with E-state index in [-0.39, 0.29) is 23.9 Å². The summed E-state index contributed by atoms with van der Waals surface area (Å²) >= 11 is 0. The fourth-order valence-corrected chi connectivity index (χ4v) is 4.20. The van der Waals surface area contributed by atoms with E-state index in [1.807, 2.05) is 4.90 Å². The van der Waals surface area contributed by atoms with Crippen LogP contribution in [-0.2, 0) is 4.79 Å². The maximum Gasteiger partial charge on any atom is 0.317 e. The van der Waals surface area contributed by atoms with E-state index in [1.54, 1.807) is 0 Å². The van der Waals surface area contributed by atoms with Crippen LogP contribution in [0.5, 0.6) is 0 Å². The molecule has 6 heteroatoms. The Kier molecular flexibility index (Phi) is 5.98. The van der Waals surface area contributed by atoms with Gasteiger partial charge in [-0.25, -0.2) is 4.79 Å². The van der Waals surface area contributed by atoms with Gasteiger partial charge in [-0.05, 0) is 44.6 Å². The molecule has 1 aliphatic carbocycles. The molecule has 3 unspecified atom stereocenters. The lowest BCUT2D eigenvalue weighted by molar-refractivity contribution is -0.127. The largest absolute Gasteiger partial charge is 0.352 e. The lowest BCUT2D eigenvalue weighted by Gasteiger charge is -2.35. The third kappa shape index (κ3) is 4.41. The fraction of sp³-hybridized carbons (Fsp3) is 0.889. The Morgan fingerprint density at radius 3 is 2.58 bits per heavy atom. The van der Waals surface area contributed by atoms with Crippen LogP contribution < -0.4 is 16.0 Å². The highest BCUT2D eigenvalue weighted by atomic mass is 16.2. The number of likely N-dealkylation sites (tertiary alicyclic amines) is 1. The molecule has 0 radical (unpaired) electrons. The van der Waals surface area contributed by atoms with Crippen molar-refractivity contribution in [1.82, 2.24) is 20.9 Å². The van der Waals surface area contributed by atoms with Crippen molar-refractivity contribution >= 4 is 11.9 Å². The number of nitrogens with zero attached hydrogens (tertiary/aromatic N) is 1. The topological polar surface area (TPSA) is 73.5 Å². The first-order chi connectivity index (χ1) is 11.6. The number of nitrogens with one attached hydrogen (secondary N) is 3. The van der Waals surface area contributed by atoms with E-state index in [0.29, 0.717) is 18.5 Å². The summed E-state index contributed by atoms with van der Waals surface area (Å²) in [5.41, 5.74) is 0. The van der Waals surface area contributed by atoms with Gasteiger partial charge in [0.2, 0.25) is 5.91 Å². The maximum absolute atomic E-state index is 12.6. The number of piperidine rings is 2. The van der Waals surface area contributed by atoms with Crippen LogP contribution >= 0.6 is 0 Å². The Morgan fingerprint density at radius 2 is 1.83 bits per heavy atom. The summed E-state index contributed by atoms with van der Waals surface area (Å²) in [6.45, 7) is 5.41. The van der Waals surface area contributed by atoms with Crippen molar-refractivity contribution in [3.63, 3.8) is 0 Å². The molecule has 3 rings (SSSR count). The molecule has 0 aromatic rings. The molecule has 3 fully saturated rings. The van der Waals surface area contributed by atoms with Crippen molar-refractivity contribution in [2.45, 2.75) is 64.0 Å². The highest BCUT2D eigenvalue weighted by Gasteiger charge is 2.32. The molecule has 3 N–H and O–H groups in total. The van der Waals surface area contributed by atoms with E-state index in [0.717, 1.165) is 51.7 Å². The highest BCUT2D eigenvalue weighted by Crippen LogP contribution is 2.21. The summed E-state index contributed by atoms with van der Waals surface area (Å²) in [5, 5.41) is 9.70. The van der Waals surface area contributed by atoms with Gasteiger partial charge < -0.3 is 20.9 Å². The summed E-state index contributed by atoms with van der Waals surface area (Å²) in [6.07, 6.45) is 7.51. The average molecular weight is 336 g/mol. The predicted octanol–water partition coefficient (Wildman–Crippen LogP) is 1.46. The fourth-order valence-electron chi connectivity index (χ4n) is 4.20. The molecule has 0 spiro atoms. The van der Waals surface area contributed by atoms with Crippen LogP contribution in [0, 0.1) is 11.8 Å². The van der Waals surface area contributed by atoms with Crippen molar-refractivity contribution in [3.05, 3.63) is 0 Å². The summed E-state index contributed by atoms with van der Waals surface area (Å²) in [5.74, 6) is 0.566. The molecule has 3 atom stereocenters. The Balaban J connectivity index is 1.48. The van der Waals surface area contributed by atoms with Crippen molar-refractivity contribution in [1.29, 1.82) is 0 Å². The molecule has 3 aliphatic rings. The third-order valence-corrected chi connectivity index (χ3v) is 5.92. The number of urea groups is 1. The van der Waals surface area contributed by atoms with E-state index in [2.05, 4.69) is 22.9 Å². The minimum absolute atomic E-state index is 0.0205. The summed E-state index contributed by atoms with van der Waals surface area (Å²) in [7, 11) is 0. The summed E-state index contributed by atoms with van der Waals surface area (Å²) in [4.78, 5) is 26.9. The molecule has 0 aromatic carbocycles. The van der Waals surface area contributed by atoms with Crippen LogP contribution in [0.4, 0.5) is 4.79 Å². The summed E-state index contributed by atoms with van der Waals surface area (Å²) < 4.78 is 0. The molecular formula is C18H32N4O2. The van der Waals surface area contributed by atoms with Gasteiger partial charge in [0.05, 0.1) is 5.92 Å². The molecule has 0 bridgehead atoms. The minimum Gasteiger partial charge on any atom is -0.352 e. The molecular weight excluding hydrogens is 304 g/mol. The van der Waals surface area contributed by atoms with E-state index in [4.69, 9.17) is 0 Å². The van der Waals surface area contributed by atoms with Crippen LogP contribution in [0.15, 0.2) is 0 Å². The van der Waals surface area contributed by atoms with Gasteiger partial charge in [-0.2, -0.15) is 0 Å². The standard InChI is InChI=1S/C18H32N4O2/c1-13-8-9-19-11-16(13)21-17(23)14-5-4-10-22(12-14)18(24)20-15-6-2-3-7-15/h13-16,19H,2-12H2,1H3,(H,20,24)(H,21,23). The van der Waals surface area contributed by atoms with Crippen LogP contribution in [0.1, 0.15) is 51.9 Å². The first-order valence-electron chi connectivity index (χ1n) is 9.70. The number of carbonyl (C=O) groups is 2. The molecule has 1 saturated carbocycles. The van der Waals surface area contributed by atoms with Gasteiger partial charge in [-0.1, -0.05) is 19.8 Å². The first kappa shape index (κ1) is 17.5. The third-order valence-electron chi connectivity index (χ3n) is 5.92. The second-order valence-electron chi connectivity index (χ2n) is 7.80. The molecule has 2 saturated heterocycles. The second-order valence-corrected chi connectivity index (χ2v) is 7.80. The average Bonchev–Trinajstić information content (AvgIpc) is 3.10. The molecule has 2 heterocycles. The van der Waals surface area contributed by atoms with Crippen molar-refractivity contribution in [2.75, 3.05) is 26.2 Å². The van der Waals surface area contributed by atoms with Crippen LogP contribution in [-0.4, -0.2) is 55.1 Å².